The molecule has 0 heterocycles. The molecule has 3 heteroatoms. The fourth-order valence-electron chi connectivity index (χ4n) is 5.67. The normalized spacial score (nSPS) is 13.2. The molecule has 39 heavy (non-hydrogen) atoms. The first-order valence-electron chi connectivity index (χ1n) is 18.2. The van der Waals surface area contributed by atoms with Crippen molar-refractivity contribution in [2.24, 2.45) is 5.73 Å². The molecule has 0 saturated carbocycles. The maximum absolute atomic E-state index is 10.3. The highest BCUT2D eigenvalue weighted by Gasteiger charge is 2.14. The lowest BCUT2D eigenvalue weighted by atomic mass is 10.0. The molecule has 0 aliphatic heterocycles. The Bertz CT molecular complexity index is 430. The number of aliphatic hydroxyl groups excluding tert-OH is 1. The van der Waals surface area contributed by atoms with Gasteiger partial charge in [0.2, 0.25) is 0 Å². The van der Waals surface area contributed by atoms with Crippen LogP contribution in [0.2, 0.25) is 0 Å². The van der Waals surface area contributed by atoms with Crippen LogP contribution in [0.1, 0.15) is 206 Å². The molecule has 0 saturated heterocycles. The van der Waals surface area contributed by atoms with E-state index >= 15 is 0 Å². The van der Waals surface area contributed by atoms with E-state index in [1.54, 1.807) is 0 Å². The van der Waals surface area contributed by atoms with Crippen molar-refractivity contribution < 1.29 is 9.84 Å². The quantitative estimate of drug-likeness (QED) is 0.0779. The van der Waals surface area contributed by atoms with Gasteiger partial charge in [0, 0.05) is 6.61 Å². The molecule has 0 aliphatic carbocycles. The molecule has 3 N–H and O–H groups in total. The zero-order valence-electron chi connectivity index (χ0n) is 27.2. The highest BCUT2D eigenvalue weighted by Crippen LogP contribution is 2.15. The molecule has 0 fully saturated rings. The SMILES string of the molecule is CCCCCCCCCCCCCCCCCCOCC(N)C(O)CCCCCCCCCCCCCCC. The lowest BCUT2D eigenvalue weighted by Gasteiger charge is -2.18. The molecule has 3 nitrogen and oxygen atoms in total. The van der Waals surface area contributed by atoms with Gasteiger partial charge in [0.1, 0.15) is 0 Å². The van der Waals surface area contributed by atoms with Crippen molar-refractivity contribution in [1.29, 1.82) is 0 Å². The molecule has 0 bridgehead atoms. The zero-order chi connectivity index (χ0) is 28.5. The van der Waals surface area contributed by atoms with E-state index in [1.165, 1.54) is 173 Å². The van der Waals surface area contributed by atoms with E-state index in [1.807, 2.05) is 0 Å². The predicted octanol–water partition coefficient (Wildman–Crippen LogP) is 11.4. The number of aliphatic hydroxyl groups is 1. The molecule has 0 aromatic carbocycles. The van der Waals surface area contributed by atoms with Crippen molar-refractivity contribution in [2.75, 3.05) is 13.2 Å². The second-order valence-corrected chi connectivity index (χ2v) is 12.6. The largest absolute Gasteiger partial charge is 0.391 e. The molecule has 0 aromatic rings. The average Bonchev–Trinajstić information content (AvgIpc) is 2.94. The molecular weight excluding hydrogens is 478 g/mol. The zero-order valence-corrected chi connectivity index (χ0v) is 27.2. The van der Waals surface area contributed by atoms with Gasteiger partial charge in [-0.15, -0.1) is 0 Å². The Labute approximate surface area is 247 Å². The first-order chi connectivity index (χ1) is 19.2. The van der Waals surface area contributed by atoms with Crippen LogP contribution in [0, 0.1) is 0 Å². The van der Waals surface area contributed by atoms with Crippen LogP contribution in [-0.4, -0.2) is 30.5 Å². The Morgan fingerprint density at radius 3 is 1.05 bits per heavy atom. The number of nitrogens with two attached hydrogens (primary N) is 1. The summed E-state index contributed by atoms with van der Waals surface area (Å²) in [5.74, 6) is 0. The number of hydrogen-bond donors (Lipinski definition) is 2. The minimum atomic E-state index is -0.413. The maximum atomic E-state index is 10.3. The van der Waals surface area contributed by atoms with Crippen molar-refractivity contribution in [2.45, 2.75) is 219 Å². The van der Waals surface area contributed by atoms with E-state index in [0.717, 1.165) is 25.9 Å². The predicted molar refractivity (Wildman–Crippen MR) is 175 cm³/mol. The van der Waals surface area contributed by atoms with Gasteiger partial charge >= 0.3 is 0 Å². The van der Waals surface area contributed by atoms with Crippen LogP contribution in [-0.2, 0) is 4.74 Å². The second-order valence-electron chi connectivity index (χ2n) is 12.6. The summed E-state index contributed by atoms with van der Waals surface area (Å²) in [6.07, 6.45) is 40.3. The molecule has 0 radical (unpaired) electrons. The fourth-order valence-corrected chi connectivity index (χ4v) is 5.67. The molecular formula is C36H75NO2. The number of unbranched alkanes of at least 4 members (excludes halogenated alkanes) is 27. The van der Waals surface area contributed by atoms with Crippen molar-refractivity contribution in [3.63, 3.8) is 0 Å². The highest BCUT2D eigenvalue weighted by atomic mass is 16.5. The molecule has 0 aromatic heterocycles. The Kier molecular flexibility index (Phi) is 34.0. The van der Waals surface area contributed by atoms with Crippen molar-refractivity contribution in [1.82, 2.24) is 0 Å². The number of rotatable bonds is 34. The standard InChI is InChI=1S/C36H75NO2/c1-3-5-7-9-11-13-15-17-18-19-21-23-25-27-29-31-33-39-34-35(37)36(38)32-30-28-26-24-22-20-16-14-12-10-8-6-4-2/h35-36,38H,3-34,37H2,1-2H3. The lowest BCUT2D eigenvalue weighted by Crippen LogP contribution is -2.38. The number of hydrogen-bond acceptors (Lipinski definition) is 3. The summed E-state index contributed by atoms with van der Waals surface area (Å²) in [5, 5.41) is 10.3. The summed E-state index contributed by atoms with van der Waals surface area (Å²) in [6, 6.07) is -0.233. The van der Waals surface area contributed by atoms with E-state index in [-0.39, 0.29) is 6.04 Å². The third-order valence-electron chi connectivity index (χ3n) is 8.55. The van der Waals surface area contributed by atoms with Gasteiger partial charge in [0.25, 0.3) is 0 Å². The van der Waals surface area contributed by atoms with E-state index < -0.39 is 6.10 Å². The van der Waals surface area contributed by atoms with Crippen LogP contribution in [0.5, 0.6) is 0 Å². The summed E-state index contributed by atoms with van der Waals surface area (Å²) < 4.78 is 5.77. The van der Waals surface area contributed by atoms with Crippen molar-refractivity contribution in [3.05, 3.63) is 0 Å². The lowest BCUT2D eigenvalue weighted by molar-refractivity contribution is 0.0560. The summed E-state index contributed by atoms with van der Waals surface area (Å²) in [4.78, 5) is 0. The summed E-state index contributed by atoms with van der Waals surface area (Å²) in [6.45, 7) is 5.86. The van der Waals surface area contributed by atoms with E-state index in [9.17, 15) is 5.11 Å². The van der Waals surface area contributed by atoms with Gasteiger partial charge in [0.15, 0.2) is 0 Å². The smallest absolute Gasteiger partial charge is 0.0713 e. The van der Waals surface area contributed by atoms with E-state index in [2.05, 4.69) is 13.8 Å². The molecule has 0 aliphatic rings. The Hall–Kier alpha value is -0.120. The highest BCUT2D eigenvalue weighted by molar-refractivity contribution is 4.71. The monoisotopic (exact) mass is 554 g/mol. The van der Waals surface area contributed by atoms with Gasteiger partial charge in [-0.05, 0) is 12.8 Å². The van der Waals surface area contributed by atoms with Gasteiger partial charge in [-0.2, -0.15) is 0 Å². The third-order valence-corrected chi connectivity index (χ3v) is 8.55. The first kappa shape index (κ1) is 38.9. The van der Waals surface area contributed by atoms with Crippen molar-refractivity contribution in [3.8, 4) is 0 Å². The fraction of sp³-hybridized carbons (Fsp3) is 1.00. The van der Waals surface area contributed by atoms with Crippen LogP contribution in [0.15, 0.2) is 0 Å². The molecule has 2 atom stereocenters. The van der Waals surface area contributed by atoms with Gasteiger partial charge in [-0.1, -0.05) is 194 Å². The van der Waals surface area contributed by atoms with Gasteiger partial charge in [0.05, 0.1) is 18.8 Å². The summed E-state index contributed by atoms with van der Waals surface area (Å²) in [5.41, 5.74) is 6.16. The Morgan fingerprint density at radius 1 is 0.436 bits per heavy atom. The van der Waals surface area contributed by atoms with Crippen LogP contribution >= 0.6 is 0 Å². The summed E-state index contributed by atoms with van der Waals surface area (Å²) in [7, 11) is 0. The van der Waals surface area contributed by atoms with Gasteiger partial charge < -0.3 is 15.6 Å². The van der Waals surface area contributed by atoms with Crippen LogP contribution in [0.25, 0.3) is 0 Å². The van der Waals surface area contributed by atoms with Crippen LogP contribution < -0.4 is 5.73 Å². The Balaban J connectivity index is 3.26. The minimum absolute atomic E-state index is 0.233. The molecule has 0 spiro atoms. The molecule has 2 unspecified atom stereocenters. The maximum Gasteiger partial charge on any atom is 0.0713 e. The molecule has 236 valence electrons. The van der Waals surface area contributed by atoms with Gasteiger partial charge in [-0.25, -0.2) is 0 Å². The molecule has 0 amide bonds. The Morgan fingerprint density at radius 2 is 0.718 bits per heavy atom. The minimum Gasteiger partial charge on any atom is -0.391 e. The number of ether oxygens (including phenoxy) is 1. The summed E-state index contributed by atoms with van der Waals surface area (Å²) >= 11 is 0. The van der Waals surface area contributed by atoms with Crippen LogP contribution in [0.4, 0.5) is 0 Å². The average molecular weight is 554 g/mol. The van der Waals surface area contributed by atoms with Gasteiger partial charge in [-0.3, -0.25) is 0 Å². The molecule has 0 rings (SSSR count). The topological polar surface area (TPSA) is 55.5 Å². The third kappa shape index (κ3) is 32.3. The van der Waals surface area contributed by atoms with Crippen molar-refractivity contribution >= 4 is 0 Å². The van der Waals surface area contributed by atoms with Crippen LogP contribution in [0.3, 0.4) is 0 Å². The second kappa shape index (κ2) is 34.1. The van der Waals surface area contributed by atoms with E-state index in [0.29, 0.717) is 6.61 Å². The van der Waals surface area contributed by atoms with E-state index in [4.69, 9.17) is 10.5 Å². The first-order valence-corrected chi connectivity index (χ1v) is 18.2.